The lowest BCUT2D eigenvalue weighted by Crippen LogP contribution is -2.50. The molecule has 14 heteroatoms. The van der Waals surface area contributed by atoms with E-state index in [0.29, 0.717) is 16.3 Å². The first-order chi connectivity index (χ1) is 22.6. The number of methoxy groups -OCH3 is 1. The predicted octanol–water partition coefficient (Wildman–Crippen LogP) is 5.37. The first-order valence-electron chi connectivity index (χ1n) is 14.7. The summed E-state index contributed by atoms with van der Waals surface area (Å²) in [4.78, 5) is 64.0. The van der Waals surface area contributed by atoms with Crippen molar-refractivity contribution < 1.29 is 51.7 Å². The van der Waals surface area contributed by atoms with Gasteiger partial charge in [-0.25, -0.2) is 4.79 Å². The number of amides is 2. The normalized spacial score (nSPS) is 13.2. The molecule has 2 amide bonds. The van der Waals surface area contributed by atoms with Crippen molar-refractivity contribution >= 4 is 41.0 Å². The second-order valence-electron chi connectivity index (χ2n) is 11.2. The molecule has 0 aromatic heterocycles. The smallest absolute Gasteiger partial charge is 0.450 e. The number of hydrogen-bond acceptors (Lipinski definition) is 7. The maximum atomic E-state index is 13.9. The number of carboxylic acid groups (broad SMARTS) is 1. The van der Waals surface area contributed by atoms with Crippen molar-refractivity contribution in [1.29, 1.82) is 0 Å². The van der Waals surface area contributed by atoms with Gasteiger partial charge in [-0.1, -0.05) is 55.8 Å². The Morgan fingerprint density at radius 3 is 2.15 bits per heavy atom. The van der Waals surface area contributed by atoms with E-state index in [4.69, 9.17) is 26.2 Å². The SMILES string of the molecule is COc1ccc([C@H](NC(=O)[C@H](Cc2cccc(Cl)c2)NC(=O)c2cccc(OCC(=O)O)c2)C(=O)C[C@H](C(=O)C(F)(F)F)C(C)C)cc1. The van der Waals surface area contributed by atoms with E-state index in [2.05, 4.69) is 10.6 Å². The predicted molar refractivity (Wildman–Crippen MR) is 169 cm³/mol. The molecule has 0 aliphatic carbocycles. The van der Waals surface area contributed by atoms with Crippen LogP contribution in [0, 0.1) is 11.8 Å². The third kappa shape index (κ3) is 10.8. The van der Waals surface area contributed by atoms with Gasteiger partial charge in [0.05, 0.1) is 7.11 Å². The second kappa shape index (κ2) is 16.8. The first kappa shape index (κ1) is 37.5. The van der Waals surface area contributed by atoms with Crippen LogP contribution in [-0.2, 0) is 25.6 Å². The van der Waals surface area contributed by atoms with Gasteiger partial charge >= 0.3 is 12.1 Å². The zero-order chi connectivity index (χ0) is 35.6. The Hall–Kier alpha value is -4.91. The lowest BCUT2D eigenvalue weighted by Gasteiger charge is -2.26. The van der Waals surface area contributed by atoms with E-state index in [1.54, 1.807) is 24.3 Å². The van der Waals surface area contributed by atoms with Crippen LogP contribution in [0.4, 0.5) is 13.2 Å². The molecule has 3 aromatic rings. The number of halogens is 4. The average Bonchev–Trinajstić information content (AvgIpc) is 3.04. The van der Waals surface area contributed by atoms with Crippen LogP contribution < -0.4 is 20.1 Å². The van der Waals surface area contributed by atoms with Gasteiger partial charge in [-0.05, 0) is 59.5 Å². The molecule has 0 aliphatic rings. The number of nitrogens with one attached hydrogen (secondary N) is 2. The monoisotopic (exact) mass is 690 g/mol. The van der Waals surface area contributed by atoms with Gasteiger partial charge < -0.3 is 25.2 Å². The van der Waals surface area contributed by atoms with Crippen molar-refractivity contribution in [3.63, 3.8) is 0 Å². The fourth-order valence-corrected chi connectivity index (χ4v) is 5.00. The summed E-state index contributed by atoms with van der Waals surface area (Å²) in [7, 11) is 1.41. The number of benzene rings is 3. The largest absolute Gasteiger partial charge is 0.497 e. The molecular weight excluding hydrogens is 657 g/mol. The summed E-state index contributed by atoms with van der Waals surface area (Å²) in [5.74, 6) is -7.81. The van der Waals surface area contributed by atoms with E-state index < -0.39 is 72.5 Å². The van der Waals surface area contributed by atoms with E-state index in [1.165, 1.54) is 69.5 Å². The highest BCUT2D eigenvalue weighted by molar-refractivity contribution is 6.30. The molecule has 3 aromatic carbocycles. The van der Waals surface area contributed by atoms with Crippen LogP contribution in [0.3, 0.4) is 0 Å². The van der Waals surface area contributed by atoms with Crippen molar-refractivity contribution in [2.45, 2.75) is 44.9 Å². The second-order valence-corrected chi connectivity index (χ2v) is 11.6. The van der Waals surface area contributed by atoms with Gasteiger partial charge in [0, 0.05) is 29.3 Å². The van der Waals surface area contributed by atoms with Crippen LogP contribution >= 0.6 is 11.6 Å². The minimum Gasteiger partial charge on any atom is -0.497 e. The lowest BCUT2D eigenvalue weighted by atomic mass is 9.84. The summed E-state index contributed by atoms with van der Waals surface area (Å²) in [6.07, 6.45) is -6.10. The number of carbonyl (C=O) groups excluding carboxylic acids is 4. The number of Topliss-reactive ketones (excluding diaryl/α,β-unsaturated/α-hetero) is 2. The number of ether oxygens (including phenoxy) is 2. The van der Waals surface area contributed by atoms with Crippen molar-refractivity contribution in [2.24, 2.45) is 11.8 Å². The molecule has 10 nitrogen and oxygen atoms in total. The minimum absolute atomic E-state index is 0.0231. The van der Waals surface area contributed by atoms with Crippen molar-refractivity contribution in [2.75, 3.05) is 13.7 Å². The summed E-state index contributed by atoms with van der Waals surface area (Å²) in [5, 5.41) is 14.4. The number of aliphatic carboxylic acids is 1. The third-order valence-electron chi connectivity index (χ3n) is 7.31. The standard InChI is InChI=1S/C34H34ClF3N2O8/c1-19(2)26(31(44)34(36,37)38)17-28(41)30(21-10-12-24(47-3)13-11-21)40-33(46)27(15-20-6-4-8-23(35)14-20)39-32(45)22-7-5-9-25(16-22)48-18-29(42)43/h4-14,16,19,26-27,30H,15,17-18H2,1-3H3,(H,39,45)(H,40,46)(H,42,43)/t26-,27-,30-/m0/s1. The van der Waals surface area contributed by atoms with Crippen LogP contribution in [0.2, 0.25) is 5.02 Å². The maximum absolute atomic E-state index is 13.9. The van der Waals surface area contributed by atoms with Gasteiger partial charge in [0.2, 0.25) is 11.7 Å². The van der Waals surface area contributed by atoms with E-state index in [-0.39, 0.29) is 23.3 Å². The zero-order valence-corrected chi connectivity index (χ0v) is 26.9. The highest BCUT2D eigenvalue weighted by atomic mass is 35.5. The molecule has 3 atom stereocenters. The van der Waals surface area contributed by atoms with Crippen LogP contribution in [0.15, 0.2) is 72.8 Å². The highest BCUT2D eigenvalue weighted by Crippen LogP contribution is 2.30. The van der Waals surface area contributed by atoms with Crippen molar-refractivity contribution in [1.82, 2.24) is 10.6 Å². The summed E-state index contributed by atoms with van der Waals surface area (Å²) < 4.78 is 50.5. The van der Waals surface area contributed by atoms with E-state index in [0.717, 1.165) is 0 Å². The maximum Gasteiger partial charge on any atom is 0.450 e. The summed E-state index contributed by atoms with van der Waals surface area (Å²) in [6.45, 7) is 2.12. The molecule has 0 saturated carbocycles. The van der Waals surface area contributed by atoms with Crippen LogP contribution in [0.1, 0.15) is 47.8 Å². The van der Waals surface area contributed by atoms with Crippen LogP contribution in [0.25, 0.3) is 0 Å². The molecule has 256 valence electrons. The van der Waals surface area contributed by atoms with Gasteiger partial charge in [0.25, 0.3) is 5.91 Å². The number of ketones is 2. The number of carboxylic acids is 1. The molecule has 0 bridgehead atoms. The lowest BCUT2D eigenvalue weighted by molar-refractivity contribution is -0.177. The van der Waals surface area contributed by atoms with Gasteiger partial charge in [0.1, 0.15) is 23.6 Å². The van der Waals surface area contributed by atoms with Gasteiger partial charge in [0.15, 0.2) is 12.4 Å². The molecule has 3 N–H and O–H groups in total. The quantitative estimate of drug-likeness (QED) is 0.182. The average molecular weight is 691 g/mol. The molecule has 0 heterocycles. The summed E-state index contributed by atoms with van der Waals surface area (Å²) in [5.41, 5.74) is 0.756. The molecular formula is C34H34ClF3N2O8. The number of alkyl halides is 3. The Labute approximate surface area is 279 Å². The third-order valence-corrected chi connectivity index (χ3v) is 7.54. The van der Waals surface area contributed by atoms with E-state index in [1.807, 2.05) is 0 Å². The van der Waals surface area contributed by atoms with Crippen molar-refractivity contribution in [3.05, 3.63) is 94.5 Å². The fourth-order valence-electron chi connectivity index (χ4n) is 4.79. The number of rotatable bonds is 16. The van der Waals surface area contributed by atoms with E-state index in [9.17, 15) is 37.1 Å². The molecule has 0 radical (unpaired) electrons. The molecule has 0 fully saturated rings. The van der Waals surface area contributed by atoms with Gasteiger partial charge in [-0.3, -0.25) is 19.2 Å². The minimum atomic E-state index is -5.17. The first-order valence-corrected chi connectivity index (χ1v) is 15.0. The molecule has 0 unspecified atom stereocenters. The molecule has 0 spiro atoms. The fraction of sp³-hybridized carbons (Fsp3) is 0.324. The number of carbonyl (C=O) groups is 5. The Bertz CT molecular complexity index is 1630. The van der Waals surface area contributed by atoms with Crippen molar-refractivity contribution in [3.8, 4) is 11.5 Å². The molecule has 0 saturated heterocycles. The van der Waals surface area contributed by atoms with Gasteiger partial charge in [-0.15, -0.1) is 0 Å². The van der Waals surface area contributed by atoms with Crippen LogP contribution in [-0.4, -0.2) is 60.4 Å². The summed E-state index contributed by atoms with van der Waals surface area (Å²) in [6, 6.07) is 15.1. The Kier molecular flexibility index (Phi) is 13.1. The Morgan fingerprint density at radius 2 is 1.56 bits per heavy atom. The zero-order valence-electron chi connectivity index (χ0n) is 26.2. The highest BCUT2D eigenvalue weighted by Gasteiger charge is 2.45. The van der Waals surface area contributed by atoms with E-state index >= 15 is 0 Å². The molecule has 3 rings (SSSR count). The Morgan fingerprint density at radius 1 is 0.896 bits per heavy atom. The Balaban J connectivity index is 1.97. The number of hydrogen-bond donors (Lipinski definition) is 3. The topological polar surface area (TPSA) is 148 Å². The summed E-state index contributed by atoms with van der Waals surface area (Å²) >= 11 is 6.13. The van der Waals surface area contributed by atoms with Crippen LogP contribution in [0.5, 0.6) is 11.5 Å². The van der Waals surface area contributed by atoms with Gasteiger partial charge in [-0.2, -0.15) is 13.2 Å². The molecule has 48 heavy (non-hydrogen) atoms. The molecule has 0 aliphatic heterocycles.